The number of anilines is 1. The van der Waals surface area contributed by atoms with E-state index in [0.717, 1.165) is 6.42 Å². The number of carbonyl (C=O) groups is 2. The number of pyridine rings is 1. The zero-order valence-electron chi connectivity index (χ0n) is 20.6. The minimum atomic E-state index is -0.908. The number of aryl methyl sites for hydroxylation is 1. The van der Waals surface area contributed by atoms with Crippen molar-refractivity contribution in [1.82, 2.24) is 20.1 Å². The molecule has 1 atom stereocenters. The summed E-state index contributed by atoms with van der Waals surface area (Å²) in [6.45, 7) is 6.33. The predicted octanol–water partition coefficient (Wildman–Crippen LogP) is 4.42. The van der Waals surface area contributed by atoms with Crippen LogP contribution in [0.2, 0.25) is 10.0 Å². The normalized spacial score (nSPS) is 17.5. The molecule has 196 valence electrons. The van der Waals surface area contributed by atoms with Gasteiger partial charge in [-0.05, 0) is 42.7 Å². The molecule has 2 amide bonds. The Morgan fingerprint density at radius 1 is 1.24 bits per heavy atom. The molecule has 1 fully saturated rings. The number of aromatic nitrogens is 3. The predicted molar refractivity (Wildman–Crippen MR) is 145 cm³/mol. The third-order valence-electron chi connectivity index (χ3n) is 5.98. The first-order valence-corrected chi connectivity index (χ1v) is 14.0. The number of rotatable bonds is 9. The average Bonchev–Trinajstić information content (AvgIpc) is 3.26. The fraction of sp³-hybridized carbons (Fsp3) is 0.360. The maximum atomic E-state index is 13.6. The Morgan fingerprint density at radius 3 is 2.68 bits per heavy atom. The molecule has 2 aromatic heterocycles. The summed E-state index contributed by atoms with van der Waals surface area (Å²) in [6, 6.07) is 7.95. The Hall–Kier alpha value is -2.95. The van der Waals surface area contributed by atoms with Crippen LogP contribution in [0.4, 0.5) is 5.69 Å². The quantitative estimate of drug-likeness (QED) is 0.398. The second-order valence-corrected chi connectivity index (χ2v) is 11.3. The Morgan fingerprint density at radius 2 is 2.00 bits per heavy atom. The van der Waals surface area contributed by atoms with E-state index >= 15 is 0 Å². The summed E-state index contributed by atoms with van der Waals surface area (Å²) in [7, 11) is -0.908. The molecule has 1 aliphatic heterocycles. The number of hydrogen-bond donors (Lipinski definition) is 2. The number of halogens is 2. The molecule has 0 spiro atoms. The molecule has 1 unspecified atom stereocenters. The van der Waals surface area contributed by atoms with Gasteiger partial charge in [-0.2, -0.15) is 0 Å². The van der Waals surface area contributed by atoms with Crippen molar-refractivity contribution in [1.29, 1.82) is 0 Å². The largest absolute Gasteiger partial charge is 0.471 e. The van der Waals surface area contributed by atoms with Crippen molar-refractivity contribution in [2.45, 2.75) is 33.3 Å². The number of benzene rings is 1. The van der Waals surface area contributed by atoms with Gasteiger partial charge in [-0.25, -0.2) is 9.67 Å². The van der Waals surface area contributed by atoms with E-state index in [1.54, 1.807) is 25.1 Å². The summed E-state index contributed by atoms with van der Waals surface area (Å²) in [5, 5.41) is 10.8. The Kier molecular flexibility index (Phi) is 8.51. The van der Waals surface area contributed by atoms with Gasteiger partial charge in [-0.1, -0.05) is 43.5 Å². The van der Waals surface area contributed by atoms with Gasteiger partial charge in [-0.3, -0.25) is 13.8 Å². The van der Waals surface area contributed by atoms with Crippen LogP contribution in [0.5, 0.6) is 5.88 Å². The van der Waals surface area contributed by atoms with Crippen LogP contribution in [-0.2, 0) is 10.8 Å². The molecule has 0 aliphatic carbocycles. The number of nitrogens with one attached hydrogen (secondary N) is 2. The molecule has 1 saturated heterocycles. The monoisotopic (exact) mass is 563 g/mol. The zero-order chi connectivity index (χ0) is 26.7. The number of nitrogens with zero attached hydrogens (tertiary/aromatic N) is 3. The van der Waals surface area contributed by atoms with Crippen LogP contribution in [0.25, 0.3) is 5.82 Å². The lowest BCUT2D eigenvalue weighted by atomic mass is 10.1. The fourth-order valence-corrected chi connectivity index (χ4v) is 4.99. The van der Waals surface area contributed by atoms with Gasteiger partial charge in [0.25, 0.3) is 11.8 Å². The molecule has 12 heteroatoms. The zero-order valence-corrected chi connectivity index (χ0v) is 22.9. The smallest absolute Gasteiger partial charge is 0.274 e. The minimum absolute atomic E-state index is 0.0939. The Labute approximate surface area is 227 Å². The van der Waals surface area contributed by atoms with Crippen molar-refractivity contribution in [2.75, 3.05) is 23.4 Å². The van der Waals surface area contributed by atoms with Gasteiger partial charge in [0.15, 0.2) is 5.82 Å². The standard InChI is InChI=1S/C25H27Cl2N5O4S/c1-4-14(2)11-29-24(33)18-9-16(26)8-15(3)22(18)30-25(34)20-10-21(36-17-12-37(35)13-17)31-32(20)23-19(27)6-5-7-28-23/h5-10,14,17H,4,11-13H2,1-3H3,(H,29,33)(H,30,34). The molecule has 37 heavy (non-hydrogen) atoms. The van der Waals surface area contributed by atoms with Crippen LogP contribution in [0.3, 0.4) is 0 Å². The summed E-state index contributed by atoms with van der Waals surface area (Å²) in [5.74, 6) is 0.613. The second kappa shape index (κ2) is 11.6. The number of carbonyl (C=O) groups excluding carboxylic acids is 2. The van der Waals surface area contributed by atoms with Gasteiger partial charge >= 0.3 is 0 Å². The third kappa shape index (κ3) is 6.31. The molecule has 2 N–H and O–H groups in total. The average molecular weight is 564 g/mol. The minimum Gasteiger partial charge on any atom is -0.471 e. The van der Waals surface area contributed by atoms with E-state index in [1.807, 2.05) is 13.8 Å². The van der Waals surface area contributed by atoms with E-state index in [1.165, 1.54) is 23.0 Å². The van der Waals surface area contributed by atoms with E-state index in [-0.39, 0.29) is 40.0 Å². The molecule has 3 heterocycles. The van der Waals surface area contributed by atoms with E-state index < -0.39 is 16.7 Å². The van der Waals surface area contributed by atoms with Crippen LogP contribution < -0.4 is 15.4 Å². The molecular weight excluding hydrogens is 537 g/mol. The topological polar surface area (TPSA) is 115 Å². The van der Waals surface area contributed by atoms with E-state index in [2.05, 4.69) is 20.7 Å². The number of hydrogen-bond acceptors (Lipinski definition) is 6. The highest BCUT2D eigenvalue weighted by Crippen LogP contribution is 2.28. The molecular formula is C25H27Cl2N5O4S. The Bertz CT molecular complexity index is 1350. The molecule has 3 aromatic rings. The molecule has 4 rings (SSSR count). The van der Waals surface area contributed by atoms with Gasteiger partial charge in [0, 0.05) is 34.6 Å². The van der Waals surface area contributed by atoms with E-state index in [9.17, 15) is 13.8 Å². The van der Waals surface area contributed by atoms with Crippen molar-refractivity contribution in [3.8, 4) is 11.7 Å². The first-order chi connectivity index (χ1) is 17.7. The molecule has 1 aromatic carbocycles. The second-order valence-electron chi connectivity index (χ2n) is 8.92. The van der Waals surface area contributed by atoms with Crippen molar-refractivity contribution >= 4 is 51.5 Å². The van der Waals surface area contributed by atoms with Crippen LogP contribution in [0.1, 0.15) is 46.7 Å². The first kappa shape index (κ1) is 27.1. The summed E-state index contributed by atoms with van der Waals surface area (Å²) in [4.78, 5) is 30.9. The van der Waals surface area contributed by atoms with Crippen LogP contribution in [0, 0.1) is 12.8 Å². The number of amides is 2. The summed E-state index contributed by atoms with van der Waals surface area (Å²) in [6.07, 6.45) is 2.20. The van der Waals surface area contributed by atoms with E-state index in [4.69, 9.17) is 27.9 Å². The van der Waals surface area contributed by atoms with Gasteiger partial charge < -0.3 is 15.4 Å². The van der Waals surface area contributed by atoms with Crippen molar-refractivity contribution in [3.63, 3.8) is 0 Å². The van der Waals surface area contributed by atoms with Gasteiger partial charge in [0.05, 0.1) is 27.8 Å². The lowest BCUT2D eigenvalue weighted by Gasteiger charge is -2.24. The molecule has 0 bridgehead atoms. The summed E-state index contributed by atoms with van der Waals surface area (Å²) < 4.78 is 18.6. The van der Waals surface area contributed by atoms with Crippen molar-refractivity contribution < 1.29 is 18.5 Å². The Balaban J connectivity index is 1.67. The molecule has 9 nitrogen and oxygen atoms in total. The summed E-state index contributed by atoms with van der Waals surface area (Å²) in [5.41, 5.74) is 1.28. The van der Waals surface area contributed by atoms with Gasteiger partial charge in [0.1, 0.15) is 11.8 Å². The van der Waals surface area contributed by atoms with Crippen LogP contribution in [0.15, 0.2) is 36.5 Å². The highest BCUT2D eigenvalue weighted by atomic mass is 35.5. The maximum absolute atomic E-state index is 13.6. The van der Waals surface area contributed by atoms with Gasteiger partial charge in [0.2, 0.25) is 5.88 Å². The SMILES string of the molecule is CCC(C)CNC(=O)c1cc(Cl)cc(C)c1NC(=O)c1cc(OC2CS(=O)C2)nn1-c1ncccc1Cl. The molecule has 0 saturated carbocycles. The van der Waals surface area contributed by atoms with Crippen molar-refractivity contribution in [2.24, 2.45) is 5.92 Å². The first-order valence-electron chi connectivity index (χ1n) is 11.8. The van der Waals surface area contributed by atoms with Crippen LogP contribution >= 0.6 is 23.2 Å². The highest BCUT2D eigenvalue weighted by molar-refractivity contribution is 7.86. The number of ether oxygens (including phenoxy) is 1. The lowest BCUT2D eigenvalue weighted by molar-refractivity contribution is 0.0948. The van der Waals surface area contributed by atoms with Crippen molar-refractivity contribution in [3.05, 3.63) is 63.4 Å². The highest BCUT2D eigenvalue weighted by Gasteiger charge is 2.30. The molecule has 1 aliphatic rings. The lowest BCUT2D eigenvalue weighted by Crippen LogP contribution is -2.41. The van der Waals surface area contributed by atoms with Gasteiger partial charge in [-0.15, -0.1) is 5.10 Å². The maximum Gasteiger partial charge on any atom is 0.274 e. The van der Waals surface area contributed by atoms with Crippen LogP contribution in [-0.4, -0.2) is 54.9 Å². The summed E-state index contributed by atoms with van der Waals surface area (Å²) >= 11 is 12.6. The molecule has 0 radical (unpaired) electrons. The fourth-order valence-electron chi connectivity index (χ4n) is 3.65. The third-order valence-corrected chi connectivity index (χ3v) is 7.98. The van der Waals surface area contributed by atoms with E-state index in [0.29, 0.717) is 40.2 Å².